The van der Waals surface area contributed by atoms with Gasteiger partial charge in [-0.2, -0.15) is 0 Å². The molecule has 0 saturated carbocycles. The van der Waals surface area contributed by atoms with E-state index in [0.717, 1.165) is 6.26 Å². The molecule has 1 aromatic rings. The first-order valence-corrected chi connectivity index (χ1v) is 7.67. The molecule has 19 heavy (non-hydrogen) atoms. The number of carboxylic acid groups (broad SMARTS) is 1. The lowest BCUT2D eigenvalue weighted by Gasteiger charge is -2.17. The van der Waals surface area contributed by atoms with Crippen molar-refractivity contribution in [3.63, 3.8) is 0 Å². The fraction of sp³-hybridized carbons (Fsp3) is 0.727. The molecule has 0 aliphatic heterocycles. The fourth-order valence-corrected chi connectivity index (χ4v) is 1.81. The van der Waals surface area contributed by atoms with E-state index in [9.17, 15) is 13.2 Å². The molecule has 0 aliphatic carbocycles. The number of aromatic nitrogens is 2. The quantitative estimate of drug-likeness (QED) is 0.832. The molecule has 0 spiro atoms. The van der Waals surface area contributed by atoms with Crippen molar-refractivity contribution in [3.05, 3.63) is 11.8 Å². The first kappa shape index (κ1) is 15.6. The molecule has 0 amide bonds. The standard InChI is InChI=1S/C11H18N2O5S/c1-7(6-9(14)15)5-8-12-13-10(18-8)11(2,3)19(4,16)17/h7H,5-6H2,1-4H3,(H,14,15). The van der Waals surface area contributed by atoms with Gasteiger partial charge in [0.1, 0.15) is 4.75 Å². The molecule has 0 bridgehead atoms. The van der Waals surface area contributed by atoms with E-state index >= 15 is 0 Å². The molecule has 0 radical (unpaired) electrons. The predicted molar refractivity (Wildman–Crippen MR) is 67.3 cm³/mol. The molecule has 1 aromatic heterocycles. The number of hydrogen-bond acceptors (Lipinski definition) is 6. The topological polar surface area (TPSA) is 110 Å². The number of carbonyl (C=O) groups is 1. The Balaban J connectivity index is 2.86. The second-order valence-electron chi connectivity index (χ2n) is 5.19. The Hall–Kier alpha value is -1.44. The zero-order valence-electron chi connectivity index (χ0n) is 11.4. The lowest BCUT2D eigenvalue weighted by Crippen LogP contribution is -2.28. The maximum atomic E-state index is 11.6. The molecular formula is C11H18N2O5S. The summed E-state index contributed by atoms with van der Waals surface area (Å²) < 4.78 is 27.3. The highest BCUT2D eigenvalue weighted by Gasteiger charge is 2.38. The number of aliphatic carboxylic acids is 1. The molecule has 0 saturated heterocycles. The maximum Gasteiger partial charge on any atom is 0.303 e. The van der Waals surface area contributed by atoms with Crippen LogP contribution in [0.15, 0.2) is 4.42 Å². The monoisotopic (exact) mass is 290 g/mol. The average molecular weight is 290 g/mol. The van der Waals surface area contributed by atoms with Crippen LogP contribution in [0, 0.1) is 5.92 Å². The van der Waals surface area contributed by atoms with E-state index in [-0.39, 0.29) is 24.1 Å². The van der Waals surface area contributed by atoms with Gasteiger partial charge in [-0.1, -0.05) is 6.92 Å². The van der Waals surface area contributed by atoms with Crippen LogP contribution in [0.2, 0.25) is 0 Å². The van der Waals surface area contributed by atoms with E-state index in [0.29, 0.717) is 6.42 Å². The highest BCUT2D eigenvalue weighted by molar-refractivity contribution is 7.91. The van der Waals surface area contributed by atoms with Crippen molar-refractivity contribution in [3.8, 4) is 0 Å². The fourth-order valence-electron chi connectivity index (χ4n) is 1.41. The summed E-state index contributed by atoms with van der Waals surface area (Å²) >= 11 is 0. The molecular weight excluding hydrogens is 272 g/mol. The molecule has 1 rings (SSSR count). The van der Waals surface area contributed by atoms with E-state index < -0.39 is 20.6 Å². The van der Waals surface area contributed by atoms with Gasteiger partial charge in [-0.05, 0) is 19.8 Å². The van der Waals surface area contributed by atoms with E-state index in [1.165, 1.54) is 13.8 Å². The van der Waals surface area contributed by atoms with Crippen LogP contribution in [0.5, 0.6) is 0 Å². The van der Waals surface area contributed by atoms with Gasteiger partial charge in [-0.3, -0.25) is 4.79 Å². The van der Waals surface area contributed by atoms with Gasteiger partial charge in [0.15, 0.2) is 9.84 Å². The summed E-state index contributed by atoms with van der Waals surface area (Å²) in [5.41, 5.74) is 0. The number of nitrogens with zero attached hydrogens (tertiary/aromatic N) is 2. The Bertz CT molecular complexity index is 561. The molecule has 0 aliphatic rings. The second kappa shape index (κ2) is 5.28. The molecule has 8 heteroatoms. The van der Waals surface area contributed by atoms with Crippen molar-refractivity contribution >= 4 is 15.8 Å². The summed E-state index contributed by atoms with van der Waals surface area (Å²) in [5.74, 6) is -0.788. The smallest absolute Gasteiger partial charge is 0.303 e. The molecule has 7 nitrogen and oxygen atoms in total. The van der Waals surface area contributed by atoms with Gasteiger partial charge in [0, 0.05) is 19.1 Å². The van der Waals surface area contributed by atoms with Crippen LogP contribution in [0.4, 0.5) is 0 Å². The van der Waals surface area contributed by atoms with E-state index in [1.807, 2.05) is 0 Å². The minimum Gasteiger partial charge on any atom is -0.481 e. The van der Waals surface area contributed by atoms with Crippen LogP contribution >= 0.6 is 0 Å². The van der Waals surface area contributed by atoms with Crippen LogP contribution in [-0.4, -0.2) is 35.9 Å². The zero-order chi connectivity index (χ0) is 14.8. The Labute approximate surface area is 111 Å². The summed E-state index contributed by atoms with van der Waals surface area (Å²) in [7, 11) is -3.38. The van der Waals surface area contributed by atoms with Gasteiger partial charge in [0.25, 0.3) is 0 Å². The summed E-state index contributed by atoms with van der Waals surface area (Å²) in [6.45, 7) is 4.72. The third-order valence-corrected chi connectivity index (χ3v) is 4.98. The average Bonchev–Trinajstić information content (AvgIpc) is 2.63. The first-order valence-electron chi connectivity index (χ1n) is 5.78. The maximum absolute atomic E-state index is 11.6. The summed E-state index contributed by atoms with van der Waals surface area (Å²) in [5, 5.41) is 16.2. The van der Waals surface area contributed by atoms with Crippen LogP contribution in [-0.2, 0) is 25.8 Å². The van der Waals surface area contributed by atoms with Crippen LogP contribution in [0.3, 0.4) is 0 Å². The predicted octanol–water partition coefficient (Wildman–Crippen LogP) is 1.00. The third kappa shape index (κ3) is 3.76. The second-order valence-corrected chi connectivity index (χ2v) is 7.76. The van der Waals surface area contributed by atoms with Gasteiger partial charge < -0.3 is 9.52 Å². The van der Waals surface area contributed by atoms with Crippen molar-refractivity contribution in [2.24, 2.45) is 5.92 Å². The number of sulfone groups is 1. The lowest BCUT2D eigenvalue weighted by molar-refractivity contribution is -0.137. The van der Waals surface area contributed by atoms with E-state index in [2.05, 4.69) is 10.2 Å². The normalized spacial score (nSPS) is 14.3. The SMILES string of the molecule is CC(CC(=O)O)Cc1nnc(C(C)(C)S(C)(=O)=O)o1. The summed E-state index contributed by atoms with van der Waals surface area (Å²) in [4.78, 5) is 10.5. The van der Waals surface area contributed by atoms with Gasteiger partial charge in [0.2, 0.25) is 11.8 Å². The van der Waals surface area contributed by atoms with Crippen molar-refractivity contribution in [2.45, 2.75) is 38.4 Å². The molecule has 1 unspecified atom stereocenters. The molecule has 1 heterocycles. The van der Waals surface area contributed by atoms with Crippen molar-refractivity contribution in [2.75, 3.05) is 6.26 Å². The van der Waals surface area contributed by atoms with Gasteiger partial charge in [-0.15, -0.1) is 10.2 Å². The molecule has 0 aromatic carbocycles. The third-order valence-electron chi connectivity index (χ3n) is 2.96. The molecule has 1 atom stereocenters. The minimum atomic E-state index is -3.38. The van der Waals surface area contributed by atoms with Crippen molar-refractivity contribution in [1.82, 2.24) is 10.2 Å². The Kier molecular flexibility index (Phi) is 4.34. The minimum absolute atomic E-state index is 0.00676. The van der Waals surface area contributed by atoms with E-state index in [1.54, 1.807) is 6.92 Å². The van der Waals surface area contributed by atoms with Crippen LogP contribution in [0.1, 0.15) is 39.0 Å². The van der Waals surface area contributed by atoms with E-state index in [4.69, 9.17) is 9.52 Å². The highest BCUT2D eigenvalue weighted by atomic mass is 32.2. The van der Waals surface area contributed by atoms with Gasteiger partial charge in [0.05, 0.1) is 0 Å². The number of rotatable bonds is 6. The lowest BCUT2D eigenvalue weighted by atomic mass is 10.0. The van der Waals surface area contributed by atoms with Crippen molar-refractivity contribution in [1.29, 1.82) is 0 Å². The Morgan fingerprint density at radius 3 is 2.47 bits per heavy atom. The zero-order valence-corrected chi connectivity index (χ0v) is 12.2. The molecule has 1 N–H and O–H groups in total. The van der Waals surface area contributed by atoms with Crippen LogP contribution in [0.25, 0.3) is 0 Å². The summed E-state index contributed by atoms with van der Waals surface area (Å²) in [6.07, 6.45) is 1.40. The molecule has 0 fully saturated rings. The first-order chi connectivity index (χ1) is 8.54. The van der Waals surface area contributed by atoms with Crippen molar-refractivity contribution < 1.29 is 22.7 Å². The van der Waals surface area contributed by atoms with Gasteiger partial charge in [-0.25, -0.2) is 8.42 Å². The Morgan fingerprint density at radius 1 is 1.42 bits per heavy atom. The summed E-state index contributed by atoms with van der Waals surface area (Å²) in [6, 6.07) is 0. The van der Waals surface area contributed by atoms with Crippen LogP contribution < -0.4 is 0 Å². The number of carboxylic acids is 1. The van der Waals surface area contributed by atoms with Gasteiger partial charge >= 0.3 is 5.97 Å². The highest BCUT2D eigenvalue weighted by Crippen LogP contribution is 2.28. The Morgan fingerprint density at radius 2 is 2.00 bits per heavy atom. The molecule has 108 valence electrons. The number of hydrogen-bond donors (Lipinski definition) is 1. The largest absolute Gasteiger partial charge is 0.481 e.